The zero-order valence-electron chi connectivity index (χ0n) is 10.7. The smallest absolute Gasteiger partial charge is 0.123 e. The van der Waals surface area contributed by atoms with E-state index in [-0.39, 0.29) is 18.1 Å². The fourth-order valence-electron chi connectivity index (χ4n) is 2.09. The summed E-state index contributed by atoms with van der Waals surface area (Å²) in [6, 6.07) is 5.84. The van der Waals surface area contributed by atoms with E-state index in [4.69, 9.17) is 10.5 Å². The van der Waals surface area contributed by atoms with Gasteiger partial charge < -0.3 is 15.6 Å². The molecule has 0 spiro atoms. The summed E-state index contributed by atoms with van der Waals surface area (Å²) in [6.45, 7) is 6.79. The van der Waals surface area contributed by atoms with Crippen LogP contribution in [0.15, 0.2) is 18.2 Å². The molecule has 1 aliphatic rings. The highest BCUT2D eigenvalue weighted by Gasteiger charge is 2.33. The van der Waals surface area contributed by atoms with E-state index in [9.17, 15) is 5.11 Å². The van der Waals surface area contributed by atoms with Crippen molar-refractivity contribution in [2.24, 2.45) is 11.1 Å². The van der Waals surface area contributed by atoms with Crippen LogP contribution in [0.25, 0.3) is 0 Å². The molecule has 0 saturated heterocycles. The zero-order chi connectivity index (χ0) is 12.6. The molecule has 0 aliphatic carbocycles. The first-order valence-electron chi connectivity index (χ1n) is 6.09. The predicted molar refractivity (Wildman–Crippen MR) is 68.0 cm³/mol. The highest BCUT2D eigenvalue weighted by molar-refractivity contribution is 5.41. The highest BCUT2D eigenvalue weighted by Crippen LogP contribution is 2.37. The molecule has 1 aromatic rings. The second kappa shape index (κ2) is 4.31. The molecule has 1 heterocycles. The molecule has 0 fully saturated rings. The minimum absolute atomic E-state index is 0.131. The molecule has 2 atom stereocenters. The van der Waals surface area contributed by atoms with Crippen LogP contribution in [-0.4, -0.2) is 17.8 Å². The molecular weight excluding hydrogens is 214 g/mol. The van der Waals surface area contributed by atoms with Gasteiger partial charge in [-0.3, -0.25) is 0 Å². The molecule has 0 amide bonds. The fourth-order valence-corrected chi connectivity index (χ4v) is 2.09. The topological polar surface area (TPSA) is 55.5 Å². The molecule has 1 aliphatic heterocycles. The van der Waals surface area contributed by atoms with Gasteiger partial charge in [0.25, 0.3) is 0 Å². The molecule has 0 saturated carbocycles. The number of rotatable bonds is 2. The van der Waals surface area contributed by atoms with Crippen molar-refractivity contribution in [2.45, 2.75) is 39.4 Å². The molecule has 17 heavy (non-hydrogen) atoms. The predicted octanol–water partition coefficient (Wildman–Crippen LogP) is 2.03. The van der Waals surface area contributed by atoms with Crippen LogP contribution in [0.1, 0.15) is 38.0 Å². The number of aliphatic hydroxyl groups excluding tert-OH is 1. The van der Waals surface area contributed by atoms with Crippen molar-refractivity contribution in [1.29, 1.82) is 0 Å². The lowest BCUT2D eigenvalue weighted by Crippen LogP contribution is -2.30. The summed E-state index contributed by atoms with van der Waals surface area (Å²) in [5, 5.41) is 9.72. The molecular formula is C14H21NO2. The normalized spacial score (nSPS) is 20.9. The molecule has 3 nitrogen and oxygen atoms in total. The van der Waals surface area contributed by atoms with Crippen LogP contribution in [-0.2, 0) is 6.42 Å². The van der Waals surface area contributed by atoms with Gasteiger partial charge in [0.15, 0.2) is 0 Å². The Bertz CT molecular complexity index is 409. The Kier molecular flexibility index (Phi) is 3.15. The number of benzene rings is 1. The molecule has 3 N–H and O–H groups in total. The minimum Gasteiger partial charge on any atom is -0.489 e. The number of hydrogen-bond donors (Lipinski definition) is 2. The Labute approximate surface area is 103 Å². The molecule has 0 bridgehead atoms. The molecule has 3 heteroatoms. The first kappa shape index (κ1) is 12.4. The van der Waals surface area contributed by atoms with Gasteiger partial charge in [-0.2, -0.15) is 0 Å². The van der Waals surface area contributed by atoms with E-state index >= 15 is 0 Å². The number of fused-ring (bicyclic) bond motifs is 1. The maximum absolute atomic E-state index is 9.72. The Balaban J connectivity index is 2.22. The number of hydrogen-bond acceptors (Lipinski definition) is 3. The average Bonchev–Trinajstić information content (AvgIpc) is 2.70. The van der Waals surface area contributed by atoms with Crippen molar-refractivity contribution < 1.29 is 9.84 Å². The van der Waals surface area contributed by atoms with Crippen molar-refractivity contribution >= 4 is 0 Å². The van der Waals surface area contributed by atoms with Gasteiger partial charge in [0.05, 0.1) is 6.10 Å². The summed E-state index contributed by atoms with van der Waals surface area (Å²) >= 11 is 0. The van der Waals surface area contributed by atoms with Crippen LogP contribution >= 0.6 is 0 Å². The summed E-state index contributed by atoms with van der Waals surface area (Å²) in [7, 11) is 0. The molecule has 0 aromatic heterocycles. The van der Waals surface area contributed by atoms with Gasteiger partial charge in [-0.1, -0.05) is 26.8 Å². The van der Waals surface area contributed by atoms with Crippen LogP contribution in [0.4, 0.5) is 0 Å². The fraction of sp³-hybridized carbons (Fsp3) is 0.571. The number of nitrogens with two attached hydrogens (primary N) is 1. The van der Waals surface area contributed by atoms with E-state index in [2.05, 4.69) is 20.8 Å². The third kappa shape index (κ3) is 2.45. The van der Waals surface area contributed by atoms with Crippen molar-refractivity contribution in [2.75, 3.05) is 6.54 Å². The summed E-state index contributed by atoms with van der Waals surface area (Å²) in [6.07, 6.45) is 0.543. The highest BCUT2D eigenvalue weighted by atomic mass is 16.5. The summed E-state index contributed by atoms with van der Waals surface area (Å²) in [5.41, 5.74) is 7.65. The van der Waals surface area contributed by atoms with Gasteiger partial charge in [-0.05, 0) is 28.7 Å². The lowest BCUT2D eigenvalue weighted by molar-refractivity contribution is 0.109. The average molecular weight is 235 g/mol. The first-order valence-corrected chi connectivity index (χ1v) is 6.09. The third-order valence-electron chi connectivity index (χ3n) is 3.33. The van der Waals surface area contributed by atoms with E-state index in [1.54, 1.807) is 0 Å². The molecule has 2 unspecified atom stereocenters. The van der Waals surface area contributed by atoms with Crippen LogP contribution in [0.2, 0.25) is 0 Å². The largest absolute Gasteiger partial charge is 0.489 e. The first-order chi connectivity index (χ1) is 7.91. The molecule has 94 valence electrons. The van der Waals surface area contributed by atoms with Crippen LogP contribution in [0, 0.1) is 5.41 Å². The second-order valence-electron chi connectivity index (χ2n) is 5.80. The van der Waals surface area contributed by atoms with E-state index in [1.165, 1.54) is 5.56 Å². The van der Waals surface area contributed by atoms with Crippen molar-refractivity contribution in [3.05, 3.63) is 29.3 Å². The van der Waals surface area contributed by atoms with Crippen LogP contribution in [0.3, 0.4) is 0 Å². The Hall–Kier alpha value is -1.06. The van der Waals surface area contributed by atoms with E-state index in [0.29, 0.717) is 0 Å². The van der Waals surface area contributed by atoms with Gasteiger partial charge >= 0.3 is 0 Å². The SMILES string of the molecule is CC(C)(C)C1Cc2cc(C(O)CN)ccc2O1. The molecule has 0 radical (unpaired) electrons. The quantitative estimate of drug-likeness (QED) is 0.824. The molecule has 2 rings (SSSR count). The lowest BCUT2D eigenvalue weighted by atomic mass is 9.86. The molecule has 1 aromatic carbocycles. The maximum atomic E-state index is 9.72. The lowest BCUT2D eigenvalue weighted by Gasteiger charge is -2.25. The Morgan fingerprint density at radius 3 is 2.76 bits per heavy atom. The van der Waals surface area contributed by atoms with E-state index < -0.39 is 6.10 Å². The standard InChI is InChI=1S/C14H21NO2/c1-14(2,3)13-7-10-6-9(11(16)8-15)4-5-12(10)17-13/h4-6,11,13,16H,7-8,15H2,1-3H3. The Morgan fingerprint density at radius 2 is 2.18 bits per heavy atom. The van der Waals surface area contributed by atoms with Gasteiger partial charge in [0.1, 0.15) is 11.9 Å². The summed E-state index contributed by atoms with van der Waals surface area (Å²) in [5.74, 6) is 0.942. The van der Waals surface area contributed by atoms with Crippen LogP contribution < -0.4 is 10.5 Å². The monoisotopic (exact) mass is 235 g/mol. The minimum atomic E-state index is -0.575. The van der Waals surface area contributed by atoms with Gasteiger partial charge in [-0.15, -0.1) is 0 Å². The van der Waals surface area contributed by atoms with Crippen molar-refractivity contribution in [1.82, 2.24) is 0 Å². The van der Waals surface area contributed by atoms with Gasteiger partial charge in [0, 0.05) is 13.0 Å². The number of ether oxygens (including phenoxy) is 1. The number of aliphatic hydroxyl groups is 1. The van der Waals surface area contributed by atoms with Crippen LogP contribution in [0.5, 0.6) is 5.75 Å². The van der Waals surface area contributed by atoms with Gasteiger partial charge in [-0.25, -0.2) is 0 Å². The summed E-state index contributed by atoms with van der Waals surface area (Å²) in [4.78, 5) is 0. The second-order valence-corrected chi connectivity index (χ2v) is 5.80. The van der Waals surface area contributed by atoms with Gasteiger partial charge in [0.2, 0.25) is 0 Å². The summed E-state index contributed by atoms with van der Waals surface area (Å²) < 4.78 is 5.93. The third-order valence-corrected chi connectivity index (χ3v) is 3.33. The van der Waals surface area contributed by atoms with E-state index in [0.717, 1.165) is 17.7 Å². The maximum Gasteiger partial charge on any atom is 0.123 e. The van der Waals surface area contributed by atoms with Crippen molar-refractivity contribution in [3.63, 3.8) is 0 Å². The Morgan fingerprint density at radius 1 is 1.47 bits per heavy atom. The van der Waals surface area contributed by atoms with E-state index in [1.807, 2.05) is 18.2 Å². The van der Waals surface area contributed by atoms with Crippen molar-refractivity contribution in [3.8, 4) is 5.75 Å². The zero-order valence-corrected chi connectivity index (χ0v) is 10.7.